The molecular formula is C19H19N. The first-order chi connectivity index (χ1) is 9.75. The highest BCUT2D eigenvalue weighted by atomic mass is 14.9. The van der Waals surface area contributed by atoms with Crippen molar-refractivity contribution in [1.82, 2.24) is 5.32 Å². The van der Waals surface area contributed by atoms with Gasteiger partial charge in [0.05, 0.1) is 6.04 Å². The van der Waals surface area contributed by atoms with Gasteiger partial charge in [-0.1, -0.05) is 54.6 Å². The molecule has 0 aliphatic carbocycles. The predicted molar refractivity (Wildman–Crippen MR) is 85.4 cm³/mol. The standard InChI is InChI=1S/C19H19N/c1-14-7-6-12-20-19(14)18-11-10-17(13-15(18)2)16-8-4-3-5-9-16/h3-13,19-20H,1-2H3. The maximum Gasteiger partial charge on any atom is 0.0725 e. The van der Waals surface area contributed by atoms with E-state index in [-0.39, 0.29) is 0 Å². The van der Waals surface area contributed by atoms with Crippen LogP contribution in [0.5, 0.6) is 0 Å². The van der Waals surface area contributed by atoms with Crippen LogP contribution in [0.15, 0.2) is 72.5 Å². The van der Waals surface area contributed by atoms with E-state index in [0.29, 0.717) is 6.04 Å². The molecular weight excluding hydrogens is 242 g/mol. The Morgan fingerprint density at radius 2 is 1.70 bits per heavy atom. The van der Waals surface area contributed by atoms with Gasteiger partial charge in [0.15, 0.2) is 0 Å². The minimum absolute atomic E-state index is 0.296. The smallest absolute Gasteiger partial charge is 0.0725 e. The molecule has 0 spiro atoms. The average molecular weight is 261 g/mol. The second-order valence-corrected chi connectivity index (χ2v) is 5.31. The van der Waals surface area contributed by atoms with Crippen molar-refractivity contribution in [3.8, 4) is 11.1 Å². The average Bonchev–Trinajstić information content (AvgIpc) is 2.49. The molecule has 0 aromatic heterocycles. The molecule has 0 amide bonds. The summed E-state index contributed by atoms with van der Waals surface area (Å²) in [5.41, 5.74) is 6.57. The summed E-state index contributed by atoms with van der Waals surface area (Å²) < 4.78 is 0. The molecule has 2 aromatic carbocycles. The molecule has 20 heavy (non-hydrogen) atoms. The van der Waals surface area contributed by atoms with E-state index in [1.165, 1.54) is 27.8 Å². The van der Waals surface area contributed by atoms with E-state index >= 15 is 0 Å². The summed E-state index contributed by atoms with van der Waals surface area (Å²) in [6, 6.07) is 17.6. The lowest BCUT2D eigenvalue weighted by atomic mass is 9.92. The van der Waals surface area contributed by atoms with Gasteiger partial charge in [-0.3, -0.25) is 0 Å². The van der Waals surface area contributed by atoms with Crippen molar-refractivity contribution in [2.45, 2.75) is 19.9 Å². The number of hydrogen-bond acceptors (Lipinski definition) is 1. The van der Waals surface area contributed by atoms with Crippen molar-refractivity contribution in [1.29, 1.82) is 0 Å². The summed E-state index contributed by atoms with van der Waals surface area (Å²) in [6.07, 6.45) is 6.24. The normalized spacial score (nSPS) is 17.5. The number of rotatable bonds is 2. The molecule has 3 rings (SSSR count). The van der Waals surface area contributed by atoms with Gasteiger partial charge in [-0.15, -0.1) is 0 Å². The second-order valence-electron chi connectivity index (χ2n) is 5.31. The van der Waals surface area contributed by atoms with Crippen LogP contribution < -0.4 is 5.32 Å². The van der Waals surface area contributed by atoms with Crippen LogP contribution in [0.4, 0.5) is 0 Å². The summed E-state index contributed by atoms with van der Waals surface area (Å²) >= 11 is 0. The van der Waals surface area contributed by atoms with Crippen LogP contribution >= 0.6 is 0 Å². The Bertz CT molecular complexity index is 665. The first-order valence-corrected chi connectivity index (χ1v) is 7.01. The molecule has 1 atom stereocenters. The Morgan fingerprint density at radius 1 is 0.900 bits per heavy atom. The van der Waals surface area contributed by atoms with Gasteiger partial charge < -0.3 is 5.32 Å². The molecule has 1 aliphatic rings. The number of dihydropyridines is 1. The zero-order chi connectivity index (χ0) is 13.9. The lowest BCUT2D eigenvalue weighted by Crippen LogP contribution is -2.19. The van der Waals surface area contributed by atoms with E-state index in [1.54, 1.807) is 0 Å². The van der Waals surface area contributed by atoms with Crippen LogP contribution in [0.25, 0.3) is 11.1 Å². The summed E-state index contributed by atoms with van der Waals surface area (Å²) in [6.45, 7) is 4.36. The summed E-state index contributed by atoms with van der Waals surface area (Å²) in [4.78, 5) is 0. The van der Waals surface area contributed by atoms with Gasteiger partial charge in [-0.2, -0.15) is 0 Å². The first-order valence-electron chi connectivity index (χ1n) is 7.01. The Labute approximate surface area is 120 Å². The SMILES string of the molecule is CC1=CC=CNC1c1ccc(-c2ccccc2)cc1C. The highest BCUT2D eigenvalue weighted by Gasteiger charge is 2.15. The summed E-state index contributed by atoms with van der Waals surface area (Å²) in [5, 5.41) is 3.44. The quantitative estimate of drug-likeness (QED) is 0.821. The molecule has 0 radical (unpaired) electrons. The molecule has 0 bridgehead atoms. The van der Waals surface area contributed by atoms with Crippen LogP contribution in [0.2, 0.25) is 0 Å². The zero-order valence-corrected chi connectivity index (χ0v) is 11.9. The van der Waals surface area contributed by atoms with E-state index in [9.17, 15) is 0 Å². The van der Waals surface area contributed by atoms with Gasteiger partial charge in [-0.25, -0.2) is 0 Å². The third-order valence-corrected chi connectivity index (χ3v) is 3.86. The Kier molecular flexibility index (Phi) is 3.42. The number of aryl methyl sites for hydroxylation is 1. The van der Waals surface area contributed by atoms with Crippen LogP contribution in [0.3, 0.4) is 0 Å². The van der Waals surface area contributed by atoms with Crippen molar-refractivity contribution in [3.63, 3.8) is 0 Å². The maximum atomic E-state index is 3.44. The largest absolute Gasteiger partial charge is 0.380 e. The van der Waals surface area contributed by atoms with E-state index in [0.717, 1.165) is 0 Å². The Hall–Kier alpha value is -2.28. The van der Waals surface area contributed by atoms with Crippen molar-refractivity contribution >= 4 is 0 Å². The van der Waals surface area contributed by atoms with Crippen LogP contribution in [-0.4, -0.2) is 0 Å². The van der Waals surface area contributed by atoms with Crippen LogP contribution in [0, 0.1) is 6.92 Å². The minimum Gasteiger partial charge on any atom is -0.380 e. The molecule has 1 aliphatic heterocycles. The Morgan fingerprint density at radius 3 is 2.40 bits per heavy atom. The predicted octanol–water partition coefficient (Wildman–Crippen LogP) is 4.77. The van der Waals surface area contributed by atoms with Crippen molar-refractivity contribution in [2.75, 3.05) is 0 Å². The summed E-state index contributed by atoms with van der Waals surface area (Å²) in [5.74, 6) is 0. The number of benzene rings is 2. The maximum absolute atomic E-state index is 3.44. The molecule has 1 N–H and O–H groups in total. The van der Waals surface area contributed by atoms with Crippen molar-refractivity contribution < 1.29 is 0 Å². The second kappa shape index (κ2) is 5.38. The molecule has 1 unspecified atom stereocenters. The fourth-order valence-corrected chi connectivity index (χ4v) is 2.72. The lowest BCUT2D eigenvalue weighted by molar-refractivity contribution is 0.699. The minimum atomic E-state index is 0.296. The molecule has 100 valence electrons. The van der Waals surface area contributed by atoms with Gasteiger partial charge in [0, 0.05) is 0 Å². The molecule has 0 saturated heterocycles. The number of hydrogen-bond donors (Lipinski definition) is 1. The van der Waals surface area contributed by atoms with Crippen LogP contribution in [-0.2, 0) is 0 Å². The van der Waals surface area contributed by atoms with Crippen LogP contribution in [0.1, 0.15) is 24.1 Å². The van der Waals surface area contributed by atoms with Gasteiger partial charge in [0.25, 0.3) is 0 Å². The topological polar surface area (TPSA) is 12.0 Å². The zero-order valence-electron chi connectivity index (χ0n) is 11.9. The fraction of sp³-hybridized carbons (Fsp3) is 0.158. The molecule has 0 fully saturated rings. The van der Waals surface area contributed by atoms with Crippen molar-refractivity contribution in [2.24, 2.45) is 0 Å². The van der Waals surface area contributed by atoms with E-state index in [4.69, 9.17) is 0 Å². The van der Waals surface area contributed by atoms with Gasteiger partial charge in [0.2, 0.25) is 0 Å². The molecule has 0 saturated carbocycles. The first kappa shape index (κ1) is 12.7. The highest BCUT2D eigenvalue weighted by molar-refractivity contribution is 5.65. The molecule has 1 nitrogen and oxygen atoms in total. The molecule has 1 heteroatoms. The third-order valence-electron chi connectivity index (χ3n) is 3.86. The molecule has 2 aromatic rings. The van der Waals surface area contributed by atoms with Gasteiger partial charge in [-0.05, 0) is 54.0 Å². The van der Waals surface area contributed by atoms with E-state index in [2.05, 4.69) is 79.8 Å². The monoisotopic (exact) mass is 261 g/mol. The number of allylic oxidation sites excluding steroid dienone is 2. The van der Waals surface area contributed by atoms with E-state index in [1.807, 2.05) is 6.20 Å². The van der Waals surface area contributed by atoms with Gasteiger partial charge in [0.1, 0.15) is 0 Å². The Balaban J connectivity index is 1.96. The third kappa shape index (κ3) is 2.39. The lowest BCUT2D eigenvalue weighted by Gasteiger charge is -2.23. The van der Waals surface area contributed by atoms with E-state index < -0.39 is 0 Å². The molecule has 1 heterocycles. The fourth-order valence-electron chi connectivity index (χ4n) is 2.72. The van der Waals surface area contributed by atoms with Crippen molar-refractivity contribution in [3.05, 3.63) is 83.6 Å². The highest BCUT2D eigenvalue weighted by Crippen LogP contribution is 2.29. The summed E-state index contributed by atoms with van der Waals surface area (Å²) in [7, 11) is 0. The number of nitrogens with one attached hydrogen (secondary N) is 1. The van der Waals surface area contributed by atoms with Gasteiger partial charge >= 0.3 is 0 Å².